The Labute approximate surface area is 159 Å². The molecule has 0 aliphatic carbocycles. The molecule has 0 unspecified atom stereocenters. The number of hydrogen-bond acceptors (Lipinski definition) is 5. The van der Waals surface area contributed by atoms with Gasteiger partial charge in [0.2, 0.25) is 5.91 Å². The lowest BCUT2D eigenvalue weighted by atomic mass is 9.96. The van der Waals surface area contributed by atoms with Crippen molar-refractivity contribution in [3.05, 3.63) is 24.0 Å². The molecule has 0 spiro atoms. The topological polar surface area (TPSA) is 103 Å². The summed E-state index contributed by atoms with van der Waals surface area (Å²) in [7, 11) is 2.05. The van der Waals surface area contributed by atoms with Gasteiger partial charge in [-0.15, -0.1) is 0 Å². The molecule has 3 N–H and O–H groups in total. The molecule has 0 bridgehead atoms. The molecule has 8 nitrogen and oxygen atoms in total. The van der Waals surface area contributed by atoms with Crippen molar-refractivity contribution >= 4 is 24.1 Å². The number of nitrogens with zero attached hydrogens (tertiary/aromatic N) is 2. The minimum absolute atomic E-state index is 0.00278. The molecule has 27 heavy (non-hydrogen) atoms. The second-order valence-electron chi connectivity index (χ2n) is 6.97. The summed E-state index contributed by atoms with van der Waals surface area (Å²) in [6.45, 7) is 8.86. The second-order valence-corrected chi connectivity index (χ2v) is 6.97. The third-order valence-electron chi connectivity index (χ3n) is 4.43. The maximum absolute atomic E-state index is 12.2. The lowest BCUT2D eigenvalue weighted by Crippen LogP contribution is -2.42. The van der Waals surface area contributed by atoms with Crippen LogP contribution < -0.4 is 16.0 Å². The summed E-state index contributed by atoms with van der Waals surface area (Å²) in [4.78, 5) is 41.3. The number of amides is 4. The minimum atomic E-state index is -1.25. The number of hydrogen-bond donors (Lipinski definition) is 3. The van der Waals surface area contributed by atoms with Crippen molar-refractivity contribution < 1.29 is 14.4 Å². The third-order valence-corrected chi connectivity index (χ3v) is 4.43. The summed E-state index contributed by atoms with van der Waals surface area (Å²) in [5.74, 6) is 5.00. The molecular weight excluding hydrogens is 346 g/mol. The van der Waals surface area contributed by atoms with Gasteiger partial charge < -0.3 is 15.5 Å². The highest BCUT2D eigenvalue weighted by molar-refractivity contribution is 6.08. The fourth-order valence-corrected chi connectivity index (χ4v) is 2.69. The average Bonchev–Trinajstić information content (AvgIpc) is 2.86. The molecular formula is C19H25N5O3. The largest absolute Gasteiger partial charge is 0.325 e. The molecule has 0 aromatic rings. The highest BCUT2D eigenvalue weighted by Gasteiger charge is 2.40. The van der Waals surface area contributed by atoms with Crippen molar-refractivity contribution in [3.8, 4) is 11.8 Å². The Bertz CT molecular complexity index is 766. The molecule has 2 aliphatic rings. The van der Waals surface area contributed by atoms with Crippen LogP contribution in [0.3, 0.4) is 0 Å². The molecule has 1 atom stereocenters. The Morgan fingerprint density at radius 1 is 1.41 bits per heavy atom. The zero-order chi connectivity index (χ0) is 20.0. The predicted molar refractivity (Wildman–Crippen MR) is 103 cm³/mol. The van der Waals surface area contributed by atoms with Crippen LogP contribution in [0.25, 0.3) is 0 Å². The van der Waals surface area contributed by atoms with Crippen molar-refractivity contribution in [1.29, 1.82) is 0 Å². The Balaban J connectivity index is 1.85. The average molecular weight is 371 g/mol. The van der Waals surface area contributed by atoms with Crippen molar-refractivity contribution in [2.24, 2.45) is 10.9 Å². The maximum atomic E-state index is 12.2. The minimum Gasteiger partial charge on any atom is -0.325 e. The van der Waals surface area contributed by atoms with E-state index in [2.05, 4.69) is 44.3 Å². The first kappa shape index (κ1) is 20.4. The van der Waals surface area contributed by atoms with Crippen LogP contribution in [0.5, 0.6) is 0 Å². The second kappa shape index (κ2) is 8.64. The normalized spacial score (nSPS) is 24.2. The molecule has 2 fully saturated rings. The van der Waals surface area contributed by atoms with Crippen molar-refractivity contribution in [2.45, 2.75) is 32.2 Å². The van der Waals surface area contributed by atoms with Crippen LogP contribution in [-0.4, -0.2) is 54.6 Å². The summed E-state index contributed by atoms with van der Waals surface area (Å²) < 4.78 is 0. The van der Waals surface area contributed by atoms with Crippen LogP contribution in [0, 0.1) is 17.8 Å². The van der Waals surface area contributed by atoms with Crippen LogP contribution >= 0.6 is 0 Å². The van der Waals surface area contributed by atoms with E-state index >= 15 is 0 Å². The van der Waals surface area contributed by atoms with Gasteiger partial charge in [-0.3, -0.25) is 19.9 Å². The van der Waals surface area contributed by atoms with E-state index in [1.807, 2.05) is 7.05 Å². The zero-order valence-electron chi connectivity index (χ0n) is 15.9. The molecule has 2 rings (SSSR count). The molecule has 0 aromatic carbocycles. The first-order valence-corrected chi connectivity index (χ1v) is 8.74. The van der Waals surface area contributed by atoms with E-state index in [1.165, 1.54) is 19.3 Å². The summed E-state index contributed by atoms with van der Waals surface area (Å²) in [5, 5.41) is 7.37. The van der Waals surface area contributed by atoms with E-state index in [0.29, 0.717) is 11.3 Å². The Morgan fingerprint density at radius 3 is 2.67 bits per heavy atom. The Morgan fingerprint density at radius 2 is 2.07 bits per heavy atom. The number of carbonyl (C=O) groups is 3. The van der Waals surface area contributed by atoms with Gasteiger partial charge in [0, 0.05) is 23.9 Å². The van der Waals surface area contributed by atoms with Gasteiger partial charge >= 0.3 is 6.03 Å². The van der Waals surface area contributed by atoms with E-state index in [-0.39, 0.29) is 11.8 Å². The quantitative estimate of drug-likeness (QED) is 0.381. The number of allylic oxidation sites excluding steroid dienone is 2. The van der Waals surface area contributed by atoms with Crippen LogP contribution in [0.2, 0.25) is 0 Å². The van der Waals surface area contributed by atoms with Gasteiger partial charge in [-0.2, -0.15) is 0 Å². The predicted octanol–water partition coefficient (Wildman–Crippen LogP) is 0.534. The lowest BCUT2D eigenvalue weighted by molar-refractivity contribution is -0.125. The monoisotopic (exact) mass is 371 g/mol. The number of imide groups is 1. The number of aliphatic imine (C=N–C) groups is 1. The molecule has 2 heterocycles. The molecule has 144 valence electrons. The highest BCUT2D eigenvalue weighted by Crippen LogP contribution is 2.16. The Hall–Kier alpha value is -2.92. The number of urea groups is 1. The molecule has 0 radical (unpaired) electrons. The van der Waals surface area contributed by atoms with Crippen LogP contribution in [0.15, 0.2) is 29.0 Å². The summed E-state index contributed by atoms with van der Waals surface area (Å²) in [5.41, 5.74) is -0.247. The van der Waals surface area contributed by atoms with Crippen LogP contribution in [0.4, 0.5) is 4.79 Å². The number of nitrogens with one attached hydrogen (secondary N) is 3. The van der Waals surface area contributed by atoms with Crippen LogP contribution in [-0.2, 0) is 9.59 Å². The fourth-order valence-electron chi connectivity index (χ4n) is 2.69. The van der Waals surface area contributed by atoms with Gasteiger partial charge in [-0.1, -0.05) is 18.4 Å². The van der Waals surface area contributed by atoms with Gasteiger partial charge in [-0.25, -0.2) is 4.79 Å². The van der Waals surface area contributed by atoms with Gasteiger partial charge in [0.15, 0.2) is 5.54 Å². The smallest absolute Gasteiger partial charge is 0.323 e. The van der Waals surface area contributed by atoms with Gasteiger partial charge in [-0.05, 0) is 46.8 Å². The standard InChI is InChI=1S/C19H25N5O3/c1-13(5-8-19(3)17(26)22-18(27)23-19)11-20-12-14(2)21-16(25)15-6-9-24(4)10-7-15/h11-12,15H,2,6-7,9-10H2,1,3-4H3,(H,21,25)(H2,22,23,26,27)/b13-11+,20-12?/t19-/m0/s1. The lowest BCUT2D eigenvalue weighted by Gasteiger charge is -2.27. The molecule has 4 amide bonds. The SMILES string of the molecule is C=C(C=N/C=C(\C)C#C[C@]1(C)NC(=O)NC1=O)NC(=O)C1CCN(C)CC1. The number of rotatable bonds is 4. The zero-order valence-corrected chi connectivity index (χ0v) is 15.9. The molecule has 2 aliphatic heterocycles. The number of likely N-dealkylation sites (tertiary alicyclic amines) is 1. The Kier molecular flexibility index (Phi) is 6.53. The van der Waals surface area contributed by atoms with E-state index < -0.39 is 17.5 Å². The molecule has 0 saturated carbocycles. The van der Waals surface area contributed by atoms with E-state index in [9.17, 15) is 14.4 Å². The molecule has 0 aromatic heterocycles. The van der Waals surface area contributed by atoms with Gasteiger partial charge in [0.1, 0.15) is 0 Å². The van der Waals surface area contributed by atoms with E-state index in [4.69, 9.17) is 0 Å². The van der Waals surface area contributed by atoms with Crippen molar-refractivity contribution in [1.82, 2.24) is 20.9 Å². The third kappa shape index (κ3) is 5.79. The number of piperidine rings is 1. The first-order valence-electron chi connectivity index (χ1n) is 8.74. The summed E-state index contributed by atoms with van der Waals surface area (Å²) >= 11 is 0. The first-order chi connectivity index (χ1) is 12.7. The maximum Gasteiger partial charge on any atom is 0.323 e. The van der Waals surface area contributed by atoms with Gasteiger partial charge in [0.05, 0.1) is 5.70 Å². The summed E-state index contributed by atoms with van der Waals surface area (Å²) in [6, 6.07) is -0.562. The number of carbonyl (C=O) groups excluding carboxylic acids is 3. The van der Waals surface area contributed by atoms with Crippen molar-refractivity contribution in [2.75, 3.05) is 20.1 Å². The summed E-state index contributed by atoms with van der Waals surface area (Å²) in [6.07, 6.45) is 4.62. The molecule has 8 heteroatoms. The van der Waals surface area contributed by atoms with E-state index in [0.717, 1.165) is 25.9 Å². The van der Waals surface area contributed by atoms with Crippen LogP contribution in [0.1, 0.15) is 26.7 Å². The fraction of sp³-hybridized carbons (Fsp3) is 0.474. The van der Waals surface area contributed by atoms with Crippen molar-refractivity contribution in [3.63, 3.8) is 0 Å². The highest BCUT2D eigenvalue weighted by atomic mass is 16.2. The van der Waals surface area contributed by atoms with E-state index in [1.54, 1.807) is 6.92 Å². The molecule has 2 saturated heterocycles. The van der Waals surface area contributed by atoms with Gasteiger partial charge in [0.25, 0.3) is 5.91 Å².